The molecule has 1 N–H and O–H groups in total. The van der Waals surface area contributed by atoms with E-state index in [1.807, 2.05) is 6.07 Å². The largest absolute Gasteiger partial charge is 0.305 e. The average molecular weight is 281 g/mol. The van der Waals surface area contributed by atoms with Crippen LogP contribution >= 0.6 is 22.9 Å². The number of hydrogen-bond acceptors (Lipinski definition) is 3. The zero-order valence-electron chi connectivity index (χ0n) is 10.4. The quantitative estimate of drug-likeness (QED) is 0.847. The first-order valence-corrected chi connectivity index (χ1v) is 7.42. The van der Waals surface area contributed by atoms with Crippen molar-refractivity contribution in [3.8, 4) is 0 Å². The van der Waals surface area contributed by atoms with Crippen LogP contribution < -0.4 is 5.32 Å². The smallest absolute Gasteiger partial charge is 0.0634 e. The van der Waals surface area contributed by atoms with Gasteiger partial charge in [-0.1, -0.05) is 31.0 Å². The Bertz CT molecular complexity index is 470. The van der Waals surface area contributed by atoms with E-state index in [4.69, 9.17) is 11.6 Å². The van der Waals surface area contributed by atoms with Crippen LogP contribution in [0.3, 0.4) is 0 Å². The lowest BCUT2D eigenvalue weighted by molar-refractivity contribution is 0.500. The Labute approximate surface area is 117 Å². The average Bonchev–Trinajstić information content (AvgIpc) is 2.90. The van der Waals surface area contributed by atoms with Crippen LogP contribution in [0.5, 0.6) is 0 Å². The molecule has 1 unspecified atom stereocenters. The van der Waals surface area contributed by atoms with Crippen molar-refractivity contribution in [2.24, 2.45) is 0 Å². The molecule has 2 nitrogen and oxygen atoms in total. The first kappa shape index (κ1) is 13.5. The van der Waals surface area contributed by atoms with Crippen LogP contribution in [-0.2, 0) is 6.54 Å². The van der Waals surface area contributed by atoms with Crippen molar-refractivity contribution in [2.45, 2.75) is 32.4 Å². The molecule has 0 saturated heterocycles. The van der Waals surface area contributed by atoms with Gasteiger partial charge in [0.05, 0.1) is 5.02 Å². The highest BCUT2D eigenvalue weighted by molar-refractivity contribution is 7.10. The molecule has 18 heavy (non-hydrogen) atoms. The summed E-state index contributed by atoms with van der Waals surface area (Å²) in [4.78, 5) is 5.39. The van der Waals surface area contributed by atoms with E-state index in [9.17, 15) is 0 Å². The first-order valence-electron chi connectivity index (χ1n) is 6.16. The lowest BCUT2D eigenvalue weighted by Crippen LogP contribution is -2.20. The number of nitrogens with zero attached hydrogens (tertiary/aromatic N) is 1. The maximum atomic E-state index is 6.11. The van der Waals surface area contributed by atoms with Gasteiger partial charge in [0.25, 0.3) is 0 Å². The summed E-state index contributed by atoms with van der Waals surface area (Å²) in [5.41, 5.74) is 1.10. The SMILES string of the molecule is CCCC(NCc1ccncc1Cl)c1cccs1. The molecule has 0 spiro atoms. The molecular formula is C14H17ClN2S. The van der Waals surface area contributed by atoms with Gasteiger partial charge in [0.1, 0.15) is 0 Å². The van der Waals surface area contributed by atoms with Crippen LogP contribution in [0, 0.1) is 0 Å². The number of nitrogens with one attached hydrogen (secondary N) is 1. The van der Waals surface area contributed by atoms with Gasteiger partial charge in [0.15, 0.2) is 0 Å². The normalized spacial score (nSPS) is 12.6. The predicted octanol–water partition coefficient (Wildman–Crippen LogP) is 4.43. The number of thiophene rings is 1. The molecule has 2 aromatic heterocycles. The molecule has 4 heteroatoms. The molecule has 0 amide bonds. The van der Waals surface area contributed by atoms with Gasteiger partial charge in [-0.15, -0.1) is 11.3 Å². The van der Waals surface area contributed by atoms with Gasteiger partial charge in [-0.25, -0.2) is 0 Å². The summed E-state index contributed by atoms with van der Waals surface area (Å²) in [6.07, 6.45) is 5.78. The summed E-state index contributed by atoms with van der Waals surface area (Å²) in [6, 6.07) is 6.67. The van der Waals surface area contributed by atoms with E-state index in [2.05, 4.69) is 34.7 Å². The van der Waals surface area contributed by atoms with Crippen LogP contribution in [-0.4, -0.2) is 4.98 Å². The second-order valence-corrected chi connectivity index (χ2v) is 5.59. The lowest BCUT2D eigenvalue weighted by Gasteiger charge is -2.17. The molecule has 0 bridgehead atoms. The number of hydrogen-bond donors (Lipinski definition) is 1. The van der Waals surface area contributed by atoms with Gasteiger partial charge in [-0.2, -0.15) is 0 Å². The second kappa shape index (κ2) is 6.88. The molecular weight excluding hydrogens is 264 g/mol. The minimum Gasteiger partial charge on any atom is -0.305 e. The third kappa shape index (κ3) is 3.55. The van der Waals surface area contributed by atoms with E-state index in [0.717, 1.165) is 23.6 Å². The van der Waals surface area contributed by atoms with Crippen molar-refractivity contribution < 1.29 is 0 Å². The molecule has 0 aliphatic heterocycles. The van der Waals surface area contributed by atoms with Crippen LogP contribution in [0.1, 0.15) is 36.2 Å². The minimum absolute atomic E-state index is 0.416. The summed E-state index contributed by atoms with van der Waals surface area (Å²) >= 11 is 7.91. The molecule has 1 atom stereocenters. The summed E-state index contributed by atoms with van der Waals surface area (Å²) in [5, 5.41) is 6.43. The predicted molar refractivity (Wildman–Crippen MR) is 78.1 cm³/mol. The Morgan fingerprint density at radius 1 is 1.44 bits per heavy atom. The number of rotatable bonds is 6. The van der Waals surface area contributed by atoms with Gasteiger partial charge in [-0.05, 0) is 29.5 Å². The summed E-state index contributed by atoms with van der Waals surface area (Å²) in [5.74, 6) is 0. The van der Waals surface area contributed by atoms with Crippen molar-refractivity contribution >= 4 is 22.9 Å². The second-order valence-electron chi connectivity index (χ2n) is 4.20. The van der Waals surface area contributed by atoms with Crippen molar-refractivity contribution in [2.75, 3.05) is 0 Å². The van der Waals surface area contributed by atoms with Gasteiger partial charge in [-0.3, -0.25) is 4.98 Å². The van der Waals surface area contributed by atoms with Gasteiger partial charge >= 0.3 is 0 Å². The Morgan fingerprint density at radius 3 is 3.00 bits per heavy atom. The van der Waals surface area contributed by atoms with E-state index in [1.54, 1.807) is 23.7 Å². The Kier molecular flexibility index (Phi) is 5.17. The molecule has 2 aromatic rings. The highest BCUT2D eigenvalue weighted by Crippen LogP contribution is 2.24. The van der Waals surface area contributed by atoms with E-state index in [-0.39, 0.29) is 0 Å². The Balaban J connectivity index is 2.00. The fourth-order valence-electron chi connectivity index (χ4n) is 1.90. The molecule has 0 radical (unpaired) electrons. The zero-order valence-corrected chi connectivity index (χ0v) is 12.0. The highest BCUT2D eigenvalue weighted by Gasteiger charge is 2.11. The number of aromatic nitrogens is 1. The molecule has 0 aliphatic rings. The molecule has 0 saturated carbocycles. The van der Waals surface area contributed by atoms with Crippen molar-refractivity contribution in [1.82, 2.24) is 10.3 Å². The molecule has 0 fully saturated rings. The molecule has 2 rings (SSSR count). The fraction of sp³-hybridized carbons (Fsp3) is 0.357. The van der Waals surface area contributed by atoms with Crippen LogP contribution in [0.15, 0.2) is 36.0 Å². The van der Waals surface area contributed by atoms with Gasteiger partial charge in [0, 0.05) is 29.9 Å². The third-order valence-corrected chi connectivity index (χ3v) is 4.19. The van der Waals surface area contributed by atoms with E-state index < -0.39 is 0 Å². The number of pyridine rings is 1. The third-order valence-electron chi connectivity index (χ3n) is 2.86. The molecule has 0 aliphatic carbocycles. The van der Waals surface area contributed by atoms with Crippen molar-refractivity contribution in [3.05, 3.63) is 51.4 Å². The summed E-state index contributed by atoms with van der Waals surface area (Å²) in [6.45, 7) is 2.99. The lowest BCUT2D eigenvalue weighted by atomic mass is 10.1. The van der Waals surface area contributed by atoms with E-state index >= 15 is 0 Å². The Morgan fingerprint density at radius 2 is 2.33 bits per heavy atom. The summed E-state index contributed by atoms with van der Waals surface area (Å²) in [7, 11) is 0. The van der Waals surface area contributed by atoms with Crippen molar-refractivity contribution in [3.63, 3.8) is 0 Å². The monoisotopic (exact) mass is 280 g/mol. The van der Waals surface area contributed by atoms with E-state index in [1.165, 1.54) is 11.3 Å². The van der Waals surface area contributed by atoms with Crippen LogP contribution in [0.4, 0.5) is 0 Å². The standard InChI is InChI=1S/C14H17ClN2S/c1-2-4-13(14-5-3-8-18-14)17-9-11-6-7-16-10-12(11)15/h3,5-8,10,13,17H,2,4,9H2,1H3. The topological polar surface area (TPSA) is 24.9 Å². The number of halogens is 1. The zero-order chi connectivity index (χ0) is 12.8. The highest BCUT2D eigenvalue weighted by atomic mass is 35.5. The van der Waals surface area contributed by atoms with Crippen LogP contribution in [0.2, 0.25) is 5.02 Å². The van der Waals surface area contributed by atoms with Gasteiger partial charge < -0.3 is 5.32 Å². The maximum absolute atomic E-state index is 6.11. The molecule has 96 valence electrons. The van der Waals surface area contributed by atoms with Crippen molar-refractivity contribution in [1.29, 1.82) is 0 Å². The summed E-state index contributed by atoms with van der Waals surface area (Å²) < 4.78 is 0. The fourth-order valence-corrected chi connectivity index (χ4v) is 2.93. The first-order chi connectivity index (χ1) is 8.81. The Hall–Kier alpha value is -0.900. The molecule has 2 heterocycles. The molecule has 0 aromatic carbocycles. The minimum atomic E-state index is 0.416. The van der Waals surface area contributed by atoms with Crippen LogP contribution in [0.25, 0.3) is 0 Å². The van der Waals surface area contributed by atoms with E-state index in [0.29, 0.717) is 6.04 Å². The van der Waals surface area contributed by atoms with Gasteiger partial charge in [0.2, 0.25) is 0 Å². The maximum Gasteiger partial charge on any atom is 0.0634 e.